The van der Waals surface area contributed by atoms with Gasteiger partial charge in [-0.3, -0.25) is 4.79 Å². The maximum absolute atomic E-state index is 11.5. The quantitative estimate of drug-likeness (QED) is 0.826. The molecule has 0 saturated heterocycles. The summed E-state index contributed by atoms with van der Waals surface area (Å²) >= 11 is 0. The molecule has 0 bridgehead atoms. The van der Waals surface area contributed by atoms with Gasteiger partial charge in [0.05, 0.1) is 12.8 Å². The first-order valence-corrected chi connectivity index (χ1v) is 4.49. The van der Waals surface area contributed by atoms with Crippen molar-refractivity contribution >= 4 is 5.91 Å². The minimum atomic E-state index is -0.266. The van der Waals surface area contributed by atoms with E-state index in [1.165, 1.54) is 6.26 Å². The number of hydrogen-bond donors (Lipinski definition) is 1. The average molecular weight is 206 g/mol. The number of amides is 1. The Kier molecular flexibility index (Phi) is 2.53. The number of nitrogens with one attached hydrogen (secondary N) is 1. The van der Waals surface area contributed by atoms with Gasteiger partial charge in [-0.2, -0.15) is 0 Å². The second-order valence-corrected chi connectivity index (χ2v) is 3.11. The molecule has 2 rings (SSSR count). The Labute approximate surface area is 86.1 Å². The van der Waals surface area contributed by atoms with E-state index in [4.69, 9.17) is 4.42 Å². The van der Waals surface area contributed by atoms with Crippen molar-refractivity contribution in [2.75, 3.05) is 0 Å². The van der Waals surface area contributed by atoms with Crippen molar-refractivity contribution in [3.05, 3.63) is 41.7 Å². The van der Waals surface area contributed by atoms with E-state index in [-0.39, 0.29) is 5.91 Å². The van der Waals surface area contributed by atoms with Crippen molar-refractivity contribution in [1.82, 2.24) is 10.5 Å². The van der Waals surface area contributed by atoms with Crippen LogP contribution in [0.2, 0.25) is 0 Å². The predicted molar refractivity (Wildman–Crippen MR) is 51.1 cm³/mol. The predicted octanol–water partition coefficient (Wildman–Crippen LogP) is 1.51. The van der Waals surface area contributed by atoms with Crippen molar-refractivity contribution < 1.29 is 13.7 Å². The molecule has 0 aromatic carbocycles. The summed E-state index contributed by atoms with van der Waals surface area (Å²) in [5.74, 6) is 0.433. The minimum Gasteiger partial charge on any atom is -0.467 e. The zero-order valence-corrected chi connectivity index (χ0v) is 8.19. The molecule has 5 heteroatoms. The highest BCUT2D eigenvalue weighted by molar-refractivity contribution is 5.93. The third-order valence-corrected chi connectivity index (χ3v) is 1.97. The van der Waals surface area contributed by atoms with Crippen molar-refractivity contribution in [2.45, 2.75) is 13.5 Å². The summed E-state index contributed by atoms with van der Waals surface area (Å²) in [7, 11) is 0. The van der Waals surface area contributed by atoms with E-state index in [0.29, 0.717) is 23.6 Å². The highest BCUT2D eigenvalue weighted by atomic mass is 16.5. The molecule has 0 radical (unpaired) electrons. The summed E-state index contributed by atoms with van der Waals surface area (Å²) in [5, 5.41) is 6.27. The Morgan fingerprint density at radius 3 is 3.07 bits per heavy atom. The van der Waals surface area contributed by atoms with Crippen LogP contribution in [0.5, 0.6) is 0 Å². The third kappa shape index (κ3) is 2.07. The normalized spacial score (nSPS) is 10.2. The number of carbonyl (C=O) groups is 1. The summed E-state index contributed by atoms with van der Waals surface area (Å²) in [4.78, 5) is 11.5. The fraction of sp³-hybridized carbons (Fsp3) is 0.200. The Hall–Kier alpha value is -2.04. The van der Waals surface area contributed by atoms with Crippen molar-refractivity contribution in [3.8, 4) is 0 Å². The lowest BCUT2D eigenvalue weighted by molar-refractivity contribution is 0.0938. The summed E-state index contributed by atoms with van der Waals surface area (Å²) in [6.07, 6.45) is 2.99. The molecular weight excluding hydrogens is 196 g/mol. The van der Waals surface area contributed by atoms with Crippen LogP contribution in [0.25, 0.3) is 0 Å². The Morgan fingerprint density at radius 2 is 2.47 bits per heavy atom. The van der Waals surface area contributed by atoms with Crippen LogP contribution in [-0.4, -0.2) is 11.1 Å². The van der Waals surface area contributed by atoms with Crippen LogP contribution in [0.4, 0.5) is 0 Å². The van der Waals surface area contributed by atoms with E-state index >= 15 is 0 Å². The van der Waals surface area contributed by atoms with E-state index in [0.717, 1.165) is 0 Å². The van der Waals surface area contributed by atoms with Crippen molar-refractivity contribution in [3.63, 3.8) is 0 Å². The van der Waals surface area contributed by atoms with Crippen molar-refractivity contribution in [1.29, 1.82) is 0 Å². The molecule has 0 aliphatic rings. The van der Waals surface area contributed by atoms with Gasteiger partial charge in [-0.25, -0.2) is 0 Å². The van der Waals surface area contributed by atoms with Gasteiger partial charge in [-0.1, -0.05) is 5.16 Å². The highest BCUT2D eigenvalue weighted by Crippen LogP contribution is 2.05. The van der Waals surface area contributed by atoms with Gasteiger partial charge in [0.15, 0.2) is 5.69 Å². The summed E-state index contributed by atoms with van der Waals surface area (Å²) in [6, 6.07) is 3.55. The molecule has 15 heavy (non-hydrogen) atoms. The average Bonchev–Trinajstić information content (AvgIpc) is 2.84. The molecule has 0 unspecified atom stereocenters. The smallest absolute Gasteiger partial charge is 0.274 e. The van der Waals surface area contributed by atoms with E-state index in [1.54, 1.807) is 25.3 Å². The molecule has 0 aliphatic heterocycles. The number of rotatable bonds is 3. The Morgan fingerprint density at radius 1 is 1.60 bits per heavy atom. The molecule has 78 valence electrons. The van der Waals surface area contributed by atoms with Gasteiger partial charge in [0, 0.05) is 5.56 Å². The van der Waals surface area contributed by atoms with Crippen LogP contribution in [-0.2, 0) is 6.54 Å². The lowest BCUT2D eigenvalue weighted by Crippen LogP contribution is -2.23. The summed E-state index contributed by atoms with van der Waals surface area (Å²) in [5.41, 5.74) is 1.02. The molecule has 0 saturated carbocycles. The molecule has 0 fully saturated rings. The van der Waals surface area contributed by atoms with Gasteiger partial charge in [-0.05, 0) is 19.1 Å². The zero-order chi connectivity index (χ0) is 10.7. The lowest BCUT2D eigenvalue weighted by Gasteiger charge is -1.99. The minimum absolute atomic E-state index is 0.266. The number of furan rings is 1. The molecule has 2 aromatic heterocycles. The second kappa shape index (κ2) is 4.00. The Bertz CT molecular complexity index is 445. The molecule has 0 atom stereocenters. The van der Waals surface area contributed by atoms with Crippen LogP contribution < -0.4 is 5.32 Å². The van der Waals surface area contributed by atoms with Crippen molar-refractivity contribution in [2.24, 2.45) is 0 Å². The topological polar surface area (TPSA) is 68.3 Å². The lowest BCUT2D eigenvalue weighted by atomic mass is 10.2. The maximum Gasteiger partial charge on any atom is 0.274 e. The number of nitrogens with zero attached hydrogens (tertiary/aromatic N) is 1. The van der Waals surface area contributed by atoms with Gasteiger partial charge >= 0.3 is 0 Å². The molecule has 1 amide bonds. The first-order chi connectivity index (χ1) is 7.27. The van der Waals surface area contributed by atoms with Crippen LogP contribution in [0.1, 0.15) is 21.8 Å². The monoisotopic (exact) mass is 206 g/mol. The molecule has 1 N–H and O–H groups in total. The second-order valence-electron chi connectivity index (χ2n) is 3.11. The number of hydrogen-bond acceptors (Lipinski definition) is 4. The summed E-state index contributed by atoms with van der Waals surface area (Å²) < 4.78 is 9.74. The number of aryl methyl sites for hydroxylation is 1. The fourth-order valence-corrected chi connectivity index (χ4v) is 1.17. The zero-order valence-electron chi connectivity index (χ0n) is 8.19. The summed E-state index contributed by atoms with van der Waals surface area (Å²) in [6.45, 7) is 2.11. The molecule has 2 heterocycles. The standard InChI is InChI=1S/C10H10N2O3/c1-7-6-15-12-9(7)10(13)11-5-8-3-2-4-14-8/h2-4,6H,5H2,1H3,(H,11,13). The molecule has 0 spiro atoms. The van der Waals surface area contributed by atoms with Gasteiger partial charge in [-0.15, -0.1) is 0 Å². The van der Waals surface area contributed by atoms with Gasteiger partial charge in [0.1, 0.15) is 12.0 Å². The first-order valence-electron chi connectivity index (χ1n) is 4.49. The van der Waals surface area contributed by atoms with Gasteiger partial charge in [0.2, 0.25) is 0 Å². The van der Waals surface area contributed by atoms with Crippen LogP contribution >= 0.6 is 0 Å². The maximum atomic E-state index is 11.5. The SMILES string of the molecule is Cc1conc1C(=O)NCc1ccco1. The fourth-order valence-electron chi connectivity index (χ4n) is 1.17. The molecule has 5 nitrogen and oxygen atoms in total. The van der Waals surface area contributed by atoms with Crippen LogP contribution in [0.3, 0.4) is 0 Å². The molecular formula is C10H10N2O3. The number of carbonyl (C=O) groups excluding carboxylic acids is 1. The van der Waals surface area contributed by atoms with Crippen LogP contribution in [0, 0.1) is 6.92 Å². The number of aromatic nitrogens is 1. The van der Waals surface area contributed by atoms with Crippen LogP contribution in [0.15, 0.2) is 33.6 Å². The third-order valence-electron chi connectivity index (χ3n) is 1.97. The highest BCUT2D eigenvalue weighted by Gasteiger charge is 2.12. The van der Waals surface area contributed by atoms with E-state index in [9.17, 15) is 4.79 Å². The molecule has 2 aromatic rings. The largest absolute Gasteiger partial charge is 0.467 e. The van der Waals surface area contributed by atoms with E-state index in [1.807, 2.05) is 0 Å². The molecule has 0 aliphatic carbocycles. The first kappa shape index (κ1) is 9.51. The Balaban J connectivity index is 1.96. The van der Waals surface area contributed by atoms with Gasteiger partial charge < -0.3 is 14.3 Å². The van der Waals surface area contributed by atoms with E-state index < -0.39 is 0 Å². The van der Waals surface area contributed by atoms with E-state index in [2.05, 4.69) is 15.0 Å². The van der Waals surface area contributed by atoms with Gasteiger partial charge in [0.25, 0.3) is 5.91 Å².